The van der Waals surface area contributed by atoms with Crippen LogP contribution < -0.4 is 10.2 Å². The molecule has 0 aromatic heterocycles. The number of nitrogens with zero attached hydrogens (tertiary/aromatic N) is 2. The fourth-order valence-corrected chi connectivity index (χ4v) is 3.44. The van der Waals surface area contributed by atoms with Gasteiger partial charge < -0.3 is 10.2 Å². The van der Waals surface area contributed by atoms with Gasteiger partial charge >= 0.3 is 0 Å². The number of nitrogens with one attached hydrogen (secondary N) is 1. The Labute approximate surface area is 116 Å². The standard InChI is InChI=1S/C16H25N3/c1-3-18-10-11-19(12-13(18)2)15-8-4-6-14-7-5-9-17-16(14)15/h4,6,8,13,17H,3,5,7,9-12H2,1-2H3. The van der Waals surface area contributed by atoms with E-state index in [1.165, 1.54) is 42.9 Å². The zero-order valence-corrected chi connectivity index (χ0v) is 12.2. The van der Waals surface area contributed by atoms with Gasteiger partial charge in [0.25, 0.3) is 0 Å². The van der Waals surface area contributed by atoms with Crippen molar-refractivity contribution in [3.8, 4) is 0 Å². The molecule has 1 unspecified atom stereocenters. The van der Waals surface area contributed by atoms with Crippen LogP contribution in [0.3, 0.4) is 0 Å². The van der Waals surface area contributed by atoms with Gasteiger partial charge in [0.1, 0.15) is 0 Å². The van der Waals surface area contributed by atoms with Crippen molar-refractivity contribution >= 4 is 11.4 Å². The molecule has 2 aliphatic rings. The molecule has 1 aromatic rings. The Hall–Kier alpha value is -1.22. The lowest BCUT2D eigenvalue weighted by atomic mass is 10.0. The summed E-state index contributed by atoms with van der Waals surface area (Å²) in [5, 5.41) is 3.61. The van der Waals surface area contributed by atoms with Crippen LogP contribution in [-0.4, -0.2) is 43.7 Å². The Balaban J connectivity index is 1.83. The normalized spacial score (nSPS) is 23.9. The Bertz CT molecular complexity index is 444. The first kappa shape index (κ1) is 12.8. The number of para-hydroxylation sites is 1. The highest BCUT2D eigenvalue weighted by molar-refractivity contribution is 5.74. The molecule has 1 aromatic carbocycles. The van der Waals surface area contributed by atoms with Crippen LogP contribution in [0.5, 0.6) is 0 Å². The summed E-state index contributed by atoms with van der Waals surface area (Å²) in [6.45, 7) is 10.4. The highest BCUT2D eigenvalue weighted by atomic mass is 15.3. The predicted molar refractivity (Wildman–Crippen MR) is 82.2 cm³/mol. The van der Waals surface area contributed by atoms with E-state index in [2.05, 4.69) is 47.2 Å². The summed E-state index contributed by atoms with van der Waals surface area (Å²) < 4.78 is 0. The van der Waals surface area contributed by atoms with Gasteiger partial charge in [-0.25, -0.2) is 0 Å². The van der Waals surface area contributed by atoms with Gasteiger partial charge in [-0.3, -0.25) is 4.90 Å². The molecular formula is C16H25N3. The topological polar surface area (TPSA) is 18.5 Å². The van der Waals surface area contributed by atoms with Crippen LogP contribution in [0.15, 0.2) is 18.2 Å². The second kappa shape index (κ2) is 5.41. The second-order valence-corrected chi connectivity index (χ2v) is 5.77. The van der Waals surface area contributed by atoms with E-state index in [-0.39, 0.29) is 0 Å². The van der Waals surface area contributed by atoms with Crippen molar-refractivity contribution in [3.63, 3.8) is 0 Å². The van der Waals surface area contributed by atoms with E-state index in [1.54, 1.807) is 0 Å². The van der Waals surface area contributed by atoms with Gasteiger partial charge in [-0.05, 0) is 37.9 Å². The molecule has 0 aliphatic carbocycles. The molecule has 3 rings (SSSR count). The average Bonchev–Trinajstić information content (AvgIpc) is 2.46. The SMILES string of the molecule is CCN1CCN(c2cccc3c2NCCC3)CC1C. The summed E-state index contributed by atoms with van der Waals surface area (Å²) in [4.78, 5) is 5.13. The van der Waals surface area contributed by atoms with Crippen LogP contribution in [0.25, 0.3) is 0 Å². The van der Waals surface area contributed by atoms with Gasteiger partial charge in [0.05, 0.1) is 11.4 Å². The molecule has 2 heterocycles. The highest BCUT2D eigenvalue weighted by Gasteiger charge is 2.25. The van der Waals surface area contributed by atoms with Crippen LogP contribution in [0.4, 0.5) is 11.4 Å². The van der Waals surface area contributed by atoms with Crippen molar-refractivity contribution in [1.82, 2.24) is 4.90 Å². The lowest BCUT2D eigenvalue weighted by Gasteiger charge is -2.41. The molecule has 104 valence electrons. The lowest BCUT2D eigenvalue weighted by molar-refractivity contribution is 0.199. The predicted octanol–water partition coefficient (Wildman–Crippen LogP) is 2.58. The molecule has 3 heteroatoms. The Morgan fingerprint density at radius 1 is 1.32 bits per heavy atom. The largest absolute Gasteiger partial charge is 0.383 e. The fourth-order valence-electron chi connectivity index (χ4n) is 3.44. The molecule has 3 nitrogen and oxygen atoms in total. The van der Waals surface area contributed by atoms with Crippen LogP contribution in [0.1, 0.15) is 25.8 Å². The first-order valence-electron chi connectivity index (χ1n) is 7.64. The smallest absolute Gasteiger partial charge is 0.0610 e. The van der Waals surface area contributed by atoms with Gasteiger partial charge in [-0.2, -0.15) is 0 Å². The Morgan fingerprint density at radius 2 is 2.21 bits per heavy atom. The van der Waals surface area contributed by atoms with Crippen LogP contribution in [0, 0.1) is 0 Å². The fraction of sp³-hybridized carbons (Fsp3) is 0.625. The molecule has 0 spiro atoms. The van der Waals surface area contributed by atoms with Crippen molar-refractivity contribution < 1.29 is 0 Å². The minimum atomic E-state index is 0.651. The van der Waals surface area contributed by atoms with Crippen LogP contribution in [-0.2, 0) is 6.42 Å². The third-order valence-corrected chi connectivity index (χ3v) is 4.57. The van der Waals surface area contributed by atoms with Gasteiger partial charge in [0.15, 0.2) is 0 Å². The number of rotatable bonds is 2. The molecule has 0 saturated carbocycles. The summed E-state index contributed by atoms with van der Waals surface area (Å²) in [6.07, 6.45) is 2.48. The van der Waals surface area contributed by atoms with Crippen molar-refractivity contribution in [2.24, 2.45) is 0 Å². The molecule has 1 N–H and O–H groups in total. The van der Waals surface area contributed by atoms with Crippen LogP contribution in [0.2, 0.25) is 0 Å². The summed E-state index contributed by atoms with van der Waals surface area (Å²) in [6, 6.07) is 7.43. The molecular weight excluding hydrogens is 234 g/mol. The minimum absolute atomic E-state index is 0.651. The maximum Gasteiger partial charge on any atom is 0.0610 e. The first-order chi connectivity index (χ1) is 9.29. The van der Waals surface area contributed by atoms with Crippen LogP contribution >= 0.6 is 0 Å². The van der Waals surface area contributed by atoms with E-state index in [4.69, 9.17) is 0 Å². The van der Waals surface area contributed by atoms with Crippen molar-refractivity contribution in [2.75, 3.05) is 42.9 Å². The quantitative estimate of drug-likeness (QED) is 0.880. The van der Waals surface area contributed by atoms with Gasteiger partial charge in [-0.15, -0.1) is 0 Å². The number of likely N-dealkylation sites (N-methyl/N-ethyl adjacent to an activating group) is 1. The van der Waals surface area contributed by atoms with E-state index in [1.807, 2.05) is 0 Å². The zero-order valence-electron chi connectivity index (χ0n) is 12.2. The van der Waals surface area contributed by atoms with Gasteiger partial charge in [0.2, 0.25) is 0 Å². The highest BCUT2D eigenvalue weighted by Crippen LogP contribution is 2.33. The number of anilines is 2. The molecule has 1 fully saturated rings. The van der Waals surface area contributed by atoms with Crippen molar-refractivity contribution in [3.05, 3.63) is 23.8 Å². The second-order valence-electron chi connectivity index (χ2n) is 5.77. The minimum Gasteiger partial charge on any atom is -0.383 e. The lowest BCUT2D eigenvalue weighted by Crippen LogP contribution is -2.52. The zero-order chi connectivity index (χ0) is 13.2. The number of piperazine rings is 1. The maximum atomic E-state index is 3.61. The van der Waals surface area contributed by atoms with Crippen molar-refractivity contribution in [2.45, 2.75) is 32.7 Å². The Kier molecular flexibility index (Phi) is 3.65. The number of aryl methyl sites for hydroxylation is 1. The molecule has 0 amide bonds. The molecule has 1 atom stereocenters. The molecule has 0 radical (unpaired) electrons. The number of fused-ring (bicyclic) bond motifs is 1. The van der Waals surface area contributed by atoms with E-state index in [0.717, 1.165) is 19.6 Å². The van der Waals surface area contributed by atoms with E-state index < -0.39 is 0 Å². The monoisotopic (exact) mass is 259 g/mol. The average molecular weight is 259 g/mol. The number of hydrogen-bond acceptors (Lipinski definition) is 3. The summed E-state index contributed by atoms with van der Waals surface area (Å²) >= 11 is 0. The first-order valence-corrected chi connectivity index (χ1v) is 7.64. The number of hydrogen-bond donors (Lipinski definition) is 1. The van der Waals surface area contributed by atoms with E-state index in [0.29, 0.717) is 6.04 Å². The summed E-state index contributed by atoms with van der Waals surface area (Å²) in [7, 11) is 0. The number of benzene rings is 1. The molecule has 2 aliphatic heterocycles. The van der Waals surface area contributed by atoms with E-state index in [9.17, 15) is 0 Å². The van der Waals surface area contributed by atoms with Crippen molar-refractivity contribution in [1.29, 1.82) is 0 Å². The Morgan fingerprint density at radius 3 is 3.00 bits per heavy atom. The summed E-state index contributed by atoms with van der Waals surface area (Å²) in [5.74, 6) is 0. The van der Waals surface area contributed by atoms with E-state index >= 15 is 0 Å². The third kappa shape index (κ3) is 2.44. The maximum absolute atomic E-state index is 3.61. The van der Waals surface area contributed by atoms with Gasteiger partial charge in [-0.1, -0.05) is 19.1 Å². The summed E-state index contributed by atoms with van der Waals surface area (Å²) in [5.41, 5.74) is 4.31. The van der Waals surface area contributed by atoms with Gasteiger partial charge in [0, 0.05) is 32.2 Å². The third-order valence-electron chi connectivity index (χ3n) is 4.57. The molecule has 19 heavy (non-hydrogen) atoms. The molecule has 0 bridgehead atoms. The molecule has 1 saturated heterocycles.